The third kappa shape index (κ3) is 4.89. The van der Waals surface area contributed by atoms with Crippen LogP contribution in [0.25, 0.3) is 6.08 Å². The van der Waals surface area contributed by atoms with Crippen LogP contribution in [0.4, 0.5) is 0 Å². The number of aryl methyl sites for hydroxylation is 1. The lowest BCUT2D eigenvalue weighted by Crippen LogP contribution is -2.26. The molecule has 1 amide bonds. The highest BCUT2D eigenvalue weighted by Crippen LogP contribution is 2.12. The molecule has 2 N–H and O–H groups in total. The molecule has 0 fully saturated rings. The Hall–Kier alpha value is -2.39. The normalized spacial score (nSPS) is 12.3. The summed E-state index contributed by atoms with van der Waals surface area (Å²) in [6, 6.07) is 17.2. The summed E-state index contributed by atoms with van der Waals surface area (Å²) < 4.78 is 0. The largest absolute Gasteiger partial charge is 0.387 e. The van der Waals surface area contributed by atoms with Crippen LogP contribution in [-0.4, -0.2) is 17.6 Å². The van der Waals surface area contributed by atoms with Crippen LogP contribution in [0, 0.1) is 6.92 Å². The van der Waals surface area contributed by atoms with Crippen LogP contribution in [0.1, 0.15) is 22.8 Å². The molecule has 0 bridgehead atoms. The Balaban J connectivity index is 1.83. The van der Waals surface area contributed by atoms with Crippen molar-refractivity contribution in [1.29, 1.82) is 0 Å². The van der Waals surface area contributed by atoms with Crippen molar-refractivity contribution in [2.45, 2.75) is 13.0 Å². The summed E-state index contributed by atoms with van der Waals surface area (Å²) in [5, 5.41) is 12.7. The number of aliphatic hydroxyl groups is 1. The molecule has 2 aromatic rings. The van der Waals surface area contributed by atoms with Crippen molar-refractivity contribution >= 4 is 12.0 Å². The molecule has 0 heterocycles. The average Bonchev–Trinajstić information content (AvgIpc) is 2.52. The van der Waals surface area contributed by atoms with Gasteiger partial charge in [0.25, 0.3) is 0 Å². The van der Waals surface area contributed by atoms with Crippen LogP contribution in [-0.2, 0) is 4.79 Å². The molecule has 2 rings (SSSR count). The molecule has 0 aliphatic rings. The van der Waals surface area contributed by atoms with E-state index in [9.17, 15) is 9.90 Å². The quantitative estimate of drug-likeness (QED) is 0.828. The number of hydrogen-bond acceptors (Lipinski definition) is 2. The first-order valence-electron chi connectivity index (χ1n) is 6.91. The molecule has 3 heteroatoms. The van der Waals surface area contributed by atoms with Crippen LogP contribution in [0.2, 0.25) is 0 Å². The number of amides is 1. The molecule has 108 valence electrons. The van der Waals surface area contributed by atoms with Crippen molar-refractivity contribution < 1.29 is 9.90 Å². The van der Waals surface area contributed by atoms with Gasteiger partial charge in [0, 0.05) is 12.6 Å². The minimum absolute atomic E-state index is 0.195. The van der Waals surface area contributed by atoms with Crippen molar-refractivity contribution in [3.8, 4) is 0 Å². The molecule has 0 saturated carbocycles. The van der Waals surface area contributed by atoms with Crippen molar-refractivity contribution in [1.82, 2.24) is 5.32 Å². The number of nitrogens with one attached hydrogen (secondary N) is 1. The van der Waals surface area contributed by atoms with Gasteiger partial charge in [-0.1, -0.05) is 60.2 Å². The lowest BCUT2D eigenvalue weighted by molar-refractivity contribution is -0.116. The molecule has 1 atom stereocenters. The van der Waals surface area contributed by atoms with E-state index in [1.165, 1.54) is 6.08 Å². The van der Waals surface area contributed by atoms with Crippen molar-refractivity contribution in [2.75, 3.05) is 6.54 Å². The Kier molecular flexibility index (Phi) is 5.29. The summed E-state index contributed by atoms with van der Waals surface area (Å²) >= 11 is 0. The molecule has 21 heavy (non-hydrogen) atoms. The lowest BCUT2D eigenvalue weighted by Gasteiger charge is -2.11. The molecule has 0 unspecified atom stereocenters. The highest BCUT2D eigenvalue weighted by molar-refractivity contribution is 5.91. The van der Waals surface area contributed by atoms with Gasteiger partial charge in [-0.2, -0.15) is 0 Å². The molecular formula is C18H19NO2. The van der Waals surface area contributed by atoms with E-state index in [1.807, 2.05) is 61.5 Å². The van der Waals surface area contributed by atoms with Crippen LogP contribution in [0.3, 0.4) is 0 Å². The fourth-order valence-electron chi connectivity index (χ4n) is 1.90. The van der Waals surface area contributed by atoms with Gasteiger partial charge in [-0.3, -0.25) is 4.79 Å². The van der Waals surface area contributed by atoms with Crippen LogP contribution in [0.5, 0.6) is 0 Å². The Morgan fingerprint density at radius 1 is 1.14 bits per heavy atom. The lowest BCUT2D eigenvalue weighted by atomic mass is 10.1. The monoisotopic (exact) mass is 281 g/mol. The van der Waals surface area contributed by atoms with Gasteiger partial charge < -0.3 is 10.4 Å². The first kappa shape index (κ1) is 15.0. The minimum Gasteiger partial charge on any atom is -0.387 e. The smallest absolute Gasteiger partial charge is 0.244 e. The number of rotatable bonds is 5. The van der Waals surface area contributed by atoms with E-state index < -0.39 is 6.10 Å². The second kappa shape index (κ2) is 7.41. The van der Waals surface area contributed by atoms with E-state index in [0.29, 0.717) is 0 Å². The van der Waals surface area contributed by atoms with E-state index in [0.717, 1.165) is 16.7 Å². The SMILES string of the molecule is Cc1ccc([C@H](O)CNC(=O)/C=C/c2ccccc2)cc1. The van der Waals surface area contributed by atoms with Gasteiger partial charge in [-0.15, -0.1) is 0 Å². The molecule has 3 nitrogen and oxygen atoms in total. The van der Waals surface area contributed by atoms with Gasteiger partial charge in [0.15, 0.2) is 0 Å². The molecule has 0 aliphatic carbocycles. The van der Waals surface area contributed by atoms with E-state index in [-0.39, 0.29) is 12.5 Å². The molecular weight excluding hydrogens is 262 g/mol. The summed E-state index contributed by atoms with van der Waals surface area (Å²) in [4.78, 5) is 11.7. The minimum atomic E-state index is -0.695. The maximum atomic E-state index is 11.7. The first-order valence-corrected chi connectivity index (χ1v) is 6.91. The van der Waals surface area contributed by atoms with Crippen molar-refractivity contribution in [3.63, 3.8) is 0 Å². The summed E-state index contributed by atoms with van der Waals surface area (Å²) in [7, 11) is 0. The predicted octanol–water partition coefficient (Wildman–Crippen LogP) is 2.86. The summed E-state index contributed by atoms with van der Waals surface area (Å²) in [6.07, 6.45) is 2.52. The molecule has 0 saturated heterocycles. The zero-order valence-electron chi connectivity index (χ0n) is 12.0. The van der Waals surface area contributed by atoms with Crippen molar-refractivity contribution in [2.24, 2.45) is 0 Å². The Labute approximate surface area is 124 Å². The first-order chi connectivity index (χ1) is 10.1. The highest BCUT2D eigenvalue weighted by Gasteiger charge is 2.07. The molecule has 0 aliphatic heterocycles. The standard InChI is InChI=1S/C18H19NO2/c1-14-7-10-16(11-8-14)17(20)13-19-18(21)12-9-15-5-3-2-4-6-15/h2-12,17,20H,13H2,1H3,(H,19,21)/b12-9+/t17-/m1/s1. The number of hydrogen-bond donors (Lipinski definition) is 2. The van der Waals surface area contributed by atoms with Gasteiger partial charge in [0.2, 0.25) is 5.91 Å². The van der Waals surface area contributed by atoms with E-state index in [2.05, 4.69) is 5.32 Å². The second-order valence-corrected chi connectivity index (χ2v) is 4.92. The Morgan fingerprint density at radius 2 is 1.81 bits per heavy atom. The number of carbonyl (C=O) groups excluding carboxylic acids is 1. The number of aliphatic hydroxyl groups excluding tert-OH is 1. The van der Waals surface area contributed by atoms with E-state index >= 15 is 0 Å². The van der Waals surface area contributed by atoms with Crippen molar-refractivity contribution in [3.05, 3.63) is 77.4 Å². The number of carbonyl (C=O) groups is 1. The van der Waals surface area contributed by atoms with Gasteiger partial charge in [-0.25, -0.2) is 0 Å². The van der Waals surface area contributed by atoms with Gasteiger partial charge in [0.05, 0.1) is 6.10 Å². The zero-order valence-corrected chi connectivity index (χ0v) is 12.0. The zero-order chi connectivity index (χ0) is 15.1. The number of benzene rings is 2. The summed E-state index contributed by atoms with van der Waals surface area (Å²) in [5.74, 6) is -0.218. The Bertz CT molecular complexity index is 603. The fraction of sp³-hybridized carbons (Fsp3) is 0.167. The molecule has 0 radical (unpaired) electrons. The Morgan fingerprint density at radius 3 is 2.48 bits per heavy atom. The average molecular weight is 281 g/mol. The molecule has 0 aromatic heterocycles. The van der Waals surface area contributed by atoms with Crippen LogP contribution in [0.15, 0.2) is 60.7 Å². The third-order valence-electron chi connectivity index (χ3n) is 3.16. The molecule has 0 spiro atoms. The van der Waals surface area contributed by atoms with Gasteiger partial charge in [-0.05, 0) is 24.1 Å². The van der Waals surface area contributed by atoms with Gasteiger partial charge >= 0.3 is 0 Å². The van der Waals surface area contributed by atoms with E-state index in [1.54, 1.807) is 6.08 Å². The maximum Gasteiger partial charge on any atom is 0.244 e. The summed E-state index contributed by atoms with van der Waals surface area (Å²) in [6.45, 7) is 2.19. The van der Waals surface area contributed by atoms with Crippen LogP contribution >= 0.6 is 0 Å². The van der Waals surface area contributed by atoms with E-state index in [4.69, 9.17) is 0 Å². The fourth-order valence-corrected chi connectivity index (χ4v) is 1.90. The maximum absolute atomic E-state index is 11.7. The topological polar surface area (TPSA) is 49.3 Å². The summed E-state index contributed by atoms with van der Waals surface area (Å²) in [5.41, 5.74) is 2.90. The second-order valence-electron chi connectivity index (χ2n) is 4.92. The van der Waals surface area contributed by atoms with Crippen LogP contribution < -0.4 is 5.32 Å². The molecule has 2 aromatic carbocycles. The third-order valence-corrected chi connectivity index (χ3v) is 3.16. The van der Waals surface area contributed by atoms with Gasteiger partial charge in [0.1, 0.15) is 0 Å². The highest BCUT2D eigenvalue weighted by atomic mass is 16.3. The predicted molar refractivity (Wildman–Crippen MR) is 84.6 cm³/mol.